The third-order valence-electron chi connectivity index (χ3n) is 6.29. The van der Waals surface area contributed by atoms with Crippen LogP contribution >= 0.6 is 0 Å². The van der Waals surface area contributed by atoms with Gasteiger partial charge in [0.25, 0.3) is 0 Å². The van der Waals surface area contributed by atoms with Crippen molar-refractivity contribution in [3.8, 4) is 11.1 Å². The molecule has 0 radical (unpaired) electrons. The van der Waals surface area contributed by atoms with E-state index >= 15 is 0 Å². The summed E-state index contributed by atoms with van der Waals surface area (Å²) in [5.74, 6) is -0.819. The summed E-state index contributed by atoms with van der Waals surface area (Å²) in [6.45, 7) is 5.74. The predicted octanol–water partition coefficient (Wildman–Crippen LogP) is 6.25. The molecule has 1 atom stereocenters. The molecule has 2 rings (SSSR count). The van der Waals surface area contributed by atoms with E-state index in [1.54, 1.807) is 11.9 Å². The summed E-state index contributed by atoms with van der Waals surface area (Å²) < 4.78 is 0. The van der Waals surface area contributed by atoms with Crippen LogP contribution in [0.25, 0.3) is 11.1 Å². The number of nitrogens with one attached hydrogen (secondary N) is 2. The third-order valence-corrected chi connectivity index (χ3v) is 6.29. The van der Waals surface area contributed by atoms with Gasteiger partial charge in [-0.05, 0) is 54.6 Å². The fraction of sp³-hybridized carbons (Fsp3) is 0.517. The highest BCUT2D eigenvalue weighted by atomic mass is 16.4. The van der Waals surface area contributed by atoms with Crippen LogP contribution in [0, 0.1) is 0 Å². The number of anilines is 1. The minimum atomic E-state index is -0.819. The van der Waals surface area contributed by atoms with Crippen molar-refractivity contribution in [1.29, 1.82) is 0 Å². The van der Waals surface area contributed by atoms with E-state index in [1.807, 2.05) is 48.5 Å². The molecule has 0 fully saturated rings. The number of carboxylic acid groups (broad SMARTS) is 1. The van der Waals surface area contributed by atoms with E-state index < -0.39 is 12.0 Å². The molecule has 0 bridgehead atoms. The fourth-order valence-corrected chi connectivity index (χ4v) is 4.02. The summed E-state index contributed by atoms with van der Waals surface area (Å²) in [5.41, 5.74) is 3.86. The smallest absolute Gasteiger partial charge is 0.321 e. The zero-order valence-corrected chi connectivity index (χ0v) is 21.7. The van der Waals surface area contributed by atoms with E-state index in [2.05, 4.69) is 24.5 Å². The van der Waals surface area contributed by atoms with Crippen molar-refractivity contribution < 1.29 is 14.7 Å². The number of carbonyl (C=O) groups excluding carboxylic acids is 1. The lowest BCUT2D eigenvalue weighted by molar-refractivity contribution is -0.139. The monoisotopic (exact) mass is 481 g/mol. The van der Waals surface area contributed by atoms with Gasteiger partial charge in [-0.2, -0.15) is 0 Å². The number of rotatable bonds is 16. The van der Waals surface area contributed by atoms with Crippen molar-refractivity contribution in [3.05, 3.63) is 54.1 Å². The molecule has 0 spiro atoms. The van der Waals surface area contributed by atoms with Gasteiger partial charge in [0.05, 0.1) is 0 Å². The van der Waals surface area contributed by atoms with Gasteiger partial charge in [0, 0.05) is 19.3 Å². The second kappa shape index (κ2) is 15.9. The lowest BCUT2D eigenvalue weighted by Crippen LogP contribution is -2.39. The van der Waals surface area contributed by atoms with E-state index in [4.69, 9.17) is 0 Å². The largest absolute Gasteiger partial charge is 0.480 e. The van der Waals surface area contributed by atoms with Crippen molar-refractivity contribution in [1.82, 2.24) is 10.6 Å². The normalized spacial score (nSPS) is 11.7. The standard InChI is InChI=1S/C29H43N3O3/c1-4-6-8-9-11-20-31-29(35)32(3)26-14-12-13-25(22-26)24-17-15-23(16-18-24)21-27(28(33)34)30-19-10-7-5-2/h12-18,22,27,30H,4-11,19-21H2,1-3H3,(H,31,35)(H,33,34)/t27-/m0/s1. The van der Waals surface area contributed by atoms with Crippen molar-refractivity contribution in [2.24, 2.45) is 0 Å². The molecule has 35 heavy (non-hydrogen) atoms. The Hall–Kier alpha value is -2.86. The van der Waals surface area contributed by atoms with E-state index in [9.17, 15) is 14.7 Å². The van der Waals surface area contributed by atoms with Crippen LogP contribution in [0.15, 0.2) is 48.5 Å². The Morgan fingerprint density at radius 3 is 2.20 bits per heavy atom. The average Bonchev–Trinajstić information content (AvgIpc) is 2.87. The molecule has 0 aliphatic heterocycles. The van der Waals surface area contributed by atoms with Crippen LogP contribution in [0.5, 0.6) is 0 Å². The van der Waals surface area contributed by atoms with Gasteiger partial charge in [-0.25, -0.2) is 4.79 Å². The van der Waals surface area contributed by atoms with Gasteiger partial charge >= 0.3 is 12.0 Å². The minimum absolute atomic E-state index is 0.0980. The molecule has 0 aromatic heterocycles. The predicted molar refractivity (Wildman–Crippen MR) is 145 cm³/mol. The maximum Gasteiger partial charge on any atom is 0.321 e. The second-order valence-electron chi connectivity index (χ2n) is 9.21. The number of carbonyl (C=O) groups is 2. The summed E-state index contributed by atoms with van der Waals surface area (Å²) in [4.78, 5) is 25.8. The van der Waals surface area contributed by atoms with Crippen LogP contribution in [-0.2, 0) is 11.2 Å². The number of aliphatic carboxylic acids is 1. The Morgan fingerprint density at radius 1 is 0.857 bits per heavy atom. The van der Waals surface area contributed by atoms with Gasteiger partial charge in [-0.3, -0.25) is 9.69 Å². The SMILES string of the molecule is CCCCCCCNC(=O)N(C)c1cccc(-c2ccc(C[C@H](NCCCCC)C(=O)O)cc2)c1. The van der Waals surface area contributed by atoms with E-state index in [0.717, 1.165) is 61.0 Å². The number of urea groups is 1. The molecule has 0 unspecified atom stereocenters. The molecule has 0 saturated carbocycles. The fourth-order valence-electron chi connectivity index (χ4n) is 4.02. The first kappa shape index (κ1) is 28.4. The van der Waals surface area contributed by atoms with Crippen LogP contribution in [0.3, 0.4) is 0 Å². The first-order chi connectivity index (χ1) is 17.0. The van der Waals surface area contributed by atoms with Gasteiger partial charge in [-0.15, -0.1) is 0 Å². The molecule has 2 amide bonds. The number of unbranched alkanes of at least 4 members (excludes halogenated alkanes) is 6. The third kappa shape index (κ3) is 10.1. The van der Waals surface area contributed by atoms with Crippen molar-refractivity contribution in [2.45, 2.75) is 77.7 Å². The molecule has 2 aromatic rings. The summed E-state index contributed by atoms with van der Waals surface area (Å²) in [5, 5.41) is 15.7. The van der Waals surface area contributed by atoms with Gasteiger partial charge in [0.1, 0.15) is 6.04 Å². The molecule has 6 heteroatoms. The quantitative estimate of drug-likeness (QED) is 0.248. The van der Waals surface area contributed by atoms with Crippen LogP contribution in [0.4, 0.5) is 10.5 Å². The summed E-state index contributed by atoms with van der Waals surface area (Å²) in [6, 6.07) is 15.2. The number of amides is 2. The number of carboxylic acids is 1. The van der Waals surface area contributed by atoms with Gasteiger partial charge < -0.3 is 15.7 Å². The molecule has 0 saturated heterocycles. The Bertz CT molecular complexity index is 898. The highest BCUT2D eigenvalue weighted by molar-refractivity contribution is 5.92. The topological polar surface area (TPSA) is 81.7 Å². The summed E-state index contributed by atoms with van der Waals surface area (Å²) in [6.07, 6.45) is 9.48. The number of hydrogen-bond donors (Lipinski definition) is 3. The van der Waals surface area contributed by atoms with Gasteiger partial charge in [-0.1, -0.05) is 88.8 Å². The summed E-state index contributed by atoms with van der Waals surface area (Å²) in [7, 11) is 1.79. The average molecular weight is 482 g/mol. The Kier molecular flexibility index (Phi) is 12.9. The Morgan fingerprint density at radius 2 is 1.51 bits per heavy atom. The highest BCUT2D eigenvalue weighted by Gasteiger charge is 2.17. The van der Waals surface area contributed by atoms with Gasteiger partial charge in [0.15, 0.2) is 0 Å². The molecule has 6 nitrogen and oxygen atoms in total. The van der Waals surface area contributed by atoms with Crippen LogP contribution in [-0.4, -0.2) is 43.3 Å². The van der Waals surface area contributed by atoms with Gasteiger partial charge in [0.2, 0.25) is 0 Å². The van der Waals surface area contributed by atoms with E-state index in [-0.39, 0.29) is 6.03 Å². The van der Waals surface area contributed by atoms with Crippen LogP contribution < -0.4 is 15.5 Å². The molecule has 0 heterocycles. The van der Waals surface area contributed by atoms with Crippen LogP contribution in [0.1, 0.15) is 70.8 Å². The lowest BCUT2D eigenvalue weighted by atomic mass is 10.00. The minimum Gasteiger partial charge on any atom is -0.480 e. The Balaban J connectivity index is 1.95. The number of nitrogens with zero attached hydrogens (tertiary/aromatic N) is 1. The number of hydrogen-bond acceptors (Lipinski definition) is 3. The van der Waals surface area contributed by atoms with Crippen LogP contribution in [0.2, 0.25) is 0 Å². The molecule has 0 aliphatic rings. The second-order valence-corrected chi connectivity index (χ2v) is 9.21. The molecule has 3 N–H and O–H groups in total. The Labute approximate surface area is 211 Å². The zero-order chi connectivity index (χ0) is 25.5. The molecular weight excluding hydrogens is 438 g/mol. The number of benzene rings is 2. The maximum absolute atomic E-state index is 12.6. The first-order valence-corrected chi connectivity index (χ1v) is 13.1. The van der Waals surface area contributed by atoms with Crippen molar-refractivity contribution in [3.63, 3.8) is 0 Å². The lowest BCUT2D eigenvalue weighted by Gasteiger charge is -2.19. The van der Waals surface area contributed by atoms with E-state index in [1.165, 1.54) is 19.3 Å². The molecule has 2 aromatic carbocycles. The van der Waals surface area contributed by atoms with Crippen molar-refractivity contribution in [2.75, 3.05) is 25.0 Å². The summed E-state index contributed by atoms with van der Waals surface area (Å²) >= 11 is 0. The first-order valence-electron chi connectivity index (χ1n) is 13.1. The molecule has 192 valence electrons. The molecule has 0 aliphatic carbocycles. The molecular formula is C29H43N3O3. The maximum atomic E-state index is 12.6. The zero-order valence-electron chi connectivity index (χ0n) is 21.7. The van der Waals surface area contributed by atoms with E-state index in [0.29, 0.717) is 13.0 Å². The highest BCUT2D eigenvalue weighted by Crippen LogP contribution is 2.25. The van der Waals surface area contributed by atoms with Crippen molar-refractivity contribution >= 4 is 17.7 Å².